The fraction of sp³-hybridized carbons (Fsp3) is 0.333. The highest BCUT2D eigenvalue weighted by Crippen LogP contribution is 2.35. The molecule has 0 fully saturated rings. The largest absolute Gasteiger partial charge is 0.493 e. The minimum absolute atomic E-state index is 0.0858. The molecule has 126 valence electrons. The molecule has 0 heterocycles. The lowest BCUT2D eigenvalue weighted by Gasteiger charge is -2.10. The average molecular weight is 337 g/mol. The second kappa shape index (κ2) is 6.94. The topological polar surface area (TPSA) is 105 Å². The van der Waals surface area contributed by atoms with Crippen molar-refractivity contribution in [2.75, 3.05) is 14.2 Å². The number of hydrogen-bond donors (Lipinski definition) is 0. The number of alkyl halides is 3. The maximum absolute atomic E-state index is 12.0. The quantitative estimate of drug-likeness (QED) is 0.351. The van der Waals surface area contributed by atoms with Crippen molar-refractivity contribution in [2.24, 2.45) is 0 Å². The normalized spacial score (nSPS) is 10.8. The molecule has 0 atom stereocenters. The van der Waals surface area contributed by atoms with Crippen LogP contribution >= 0.6 is 0 Å². The molecule has 1 aromatic carbocycles. The summed E-state index contributed by atoms with van der Waals surface area (Å²) in [6, 6.07) is 1.66. The average Bonchev–Trinajstić information content (AvgIpc) is 2.43. The fourth-order valence-electron chi connectivity index (χ4n) is 1.54. The number of benzene rings is 1. The number of nitro benzene ring substituents is 1. The molecule has 0 radical (unpaired) electrons. The molecular formula is C12H10F3NO7. The molecule has 0 aliphatic rings. The predicted octanol–water partition coefficient (Wildman–Crippen LogP) is 2.25. The van der Waals surface area contributed by atoms with Gasteiger partial charge in [-0.25, -0.2) is 4.79 Å². The SMILES string of the molecule is COc1cc(C(=O)OC(=O)CC(F)(F)F)c([N+](=O)[O-])cc1OC. The summed E-state index contributed by atoms with van der Waals surface area (Å²) in [6.07, 6.45) is -6.87. The Hall–Kier alpha value is -2.85. The summed E-state index contributed by atoms with van der Waals surface area (Å²) in [5.74, 6) is -3.68. The molecule has 0 N–H and O–H groups in total. The maximum atomic E-state index is 12.0. The summed E-state index contributed by atoms with van der Waals surface area (Å²) in [7, 11) is 2.36. The summed E-state index contributed by atoms with van der Waals surface area (Å²) in [4.78, 5) is 32.7. The molecule has 11 heteroatoms. The Bertz CT molecular complexity index is 642. The van der Waals surface area contributed by atoms with Gasteiger partial charge in [-0.15, -0.1) is 0 Å². The molecular weight excluding hydrogens is 327 g/mol. The molecule has 23 heavy (non-hydrogen) atoms. The first-order valence-electron chi connectivity index (χ1n) is 5.81. The first kappa shape index (κ1) is 18.2. The molecule has 0 saturated heterocycles. The van der Waals surface area contributed by atoms with Crippen molar-refractivity contribution in [2.45, 2.75) is 12.6 Å². The Morgan fingerprint density at radius 3 is 2.13 bits per heavy atom. The smallest absolute Gasteiger partial charge is 0.399 e. The highest BCUT2D eigenvalue weighted by atomic mass is 19.4. The van der Waals surface area contributed by atoms with Gasteiger partial charge < -0.3 is 14.2 Å². The summed E-state index contributed by atoms with van der Waals surface area (Å²) >= 11 is 0. The van der Waals surface area contributed by atoms with Crippen LogP contribution in [0.1, 0.15) is 16.8 Å². The molecule has 0 aliphatic carbocycles. The number of nitro groups is 1. The summed E-state index contributed by atoms with van der Waals surface area (Å²) in [5, 5.41) is 10.9. The minimum atomic E-state index is -4.87. The molecule has 0 amide bonds. The number of ether oxygens (including phenoxy) is 3. The van der Waals surface area contributed by atoms with Gasteiger partial charge in [0.05, 0.1) is 25.2 Å². The van der Waals surface area contributed by atoms with Crippen LogP contribution in [0.4, 0.5) is 18.9 Å². The lowest BCUT2D eigenvalue weighted by atomic mass is 10.1. The molecule has 1 aromatic rings. The van der Waals surface area contributed by atoms with E-state index < -0.39 is 40.7 Å². The van der Waals surface area contributed by atoms with Crippen molar-refractivity contribution in [1.82, 2.24) is 0 Å². The van der Waals surface area contributed by atoms with Gasteiger partial charge in [0.1, 0.15) is 12.0 Å². The Morgan fingerprint density at radius 2 is 1.70 bits per heavy atom. The number of esters is 2. The van der Waals surface area contributed by atoms with Gasteiger partial charge in [0.15, 0.2) is 11.5 Å². The first-order valence-corrected chi connectivity index (χ1v) is 5.81. The highest BCUT2D eigenvalue weighted by Gasteiger charge is 2.34. The molecule has 0 aliphatic heterocycles. The third kappa shape index (κ3) is 4.83. The lowest BCUT2D eigenvalue weighted by Crippen LogP contribution is -2.20. The highest BCUT2D eigenvalue weighted by molar-refractivity contribution is 6.00. The van der Waals surface area contributed by atoms with Crippen LogP contribution in [0.25, 0.3) is 0 Å². The molecule has 1 rings (SSSR count). The van der Waals surface area contributed by atoms with E-state index in [1.54, 1.807) is 0 Å². The van der Waals surface area contributed by atoms with Crippen molar-refractivity contribution in [3.63, 3.8) is 0 Å². The molecule has 8 nitrogen and oxygen atoms in total. The van der Waals surface area contributed by atoms with Crippen LogP contribution in [0.3, 0.4) is 0 Å². The number of carbonyl (C=O) groups excluding carboxylic acids is 2. The Morgan fingerprint density at radius 1 is 1.17 bits per heavy atom. The maximum Gasteiger partial charge on any atom is 0.399 e. The van der Waals surface area contributed by atoms with Crippen LogP contribution in [0.15, 0.2) is 12.1 Å². The van der Waals surface area contributed by atoms with Crippen molar-refractivity contribution in [3.05, 3.63) is 27.8 Å². The molecule has 0 unspecified atom stereocenters. The number of methoxy groups -OCH3 is 2. The van der Waals surface area contributed by atoms with Gasteiger partial charge in [-0.3, -0.25) is 14.9 Å². The van der Waals surface area contributed by atoms with Gasteiger partial charge in [0, 0.05) is 6.07 Å². The summed E-state index contributed by atoms with van der Waals surface area (Å²) in [5.41, 5.74) is -1.56. The van der Waals surface area contributed by atoms with Crippen LogP contribution in [0.2, 0.25) is 0 Å². The van der Waals surface area contributed by atoms with Crippen LogP contribution < -0.4 is 9.47 Å². The van der Waals surface area contributed by atoms with Crippen LogP contribution in [0, 0.1) is 10.1 Å². The Balaban J connectivity index is 3.17. The van der Waals surface area contributed by atoms with E-state index in [4.69, 9.17) is 9.47 Å². The fourth-order valence-corrected chi connectivity index (χ4v) is 1.54. The van der Waals surface area contributed by atoms with Crippen LogP contribution in [-0.4, -0.2) is 37.3 Å². The zero-order valence-electron chi connectivity index (χ0n) is 11.8. The zero-order chi connectivity index (χ0) is 17.8. The number of nitrogens with zero attached hydrogens (tertiary/aromatic N) is 1. The number of rotatable bonds is 5. The van der Waals surface area contributed by atoms with E-state index in [0.29, 0.717) is 0 Å². The Labute approximate surface area is 126 Å². The summed E-state index contributed by atoms with van der Waals surface area (Å²) in [6.45, 7) is 0. The molecule has 0 aromatic heterocycles. The number of hydrogen-bond acceptors (Lipinski definition) is 7. The number of carbonyl (C=O) groups is 2. The predicted molar refractivity (Wildman–Crippen MR) is 67.3 cm³/mol. The van der Waals surface area contributed by atoms with Gasteiger partial charge in [0.25, 0.3) is 5.69 Å². The van der Waals surface area contributed by atoms with Crippen LogP contribution in [0.5, 0.6) is 11.5 Å². The van der Waals surface area contributed by atoms with E-state index in [9.17, 15) is 32.9 Å². The summed E-state index contributed by atoms with van der Waals surface area (Å²) < 4.78 is 49.7. The van der Waals surface area contributed by atoms with Gasteiger partial charge in [-0.05, 0) is 0 Å². The third-order valence-corrected chi connectivity index (χ3v) is 2.47. The molecule has 0 bridgehead atoms. The minimum Gasteiger partial charge on any atom is -0.493 e. The van der Waals surface area contributed by atoms with E-state index in [0.717, 1.165) is 12.1 Å². The third-order valence-electron chi connectivity index (χ3n) is 2.47. The van der Waals surface area contributed by atoms with Crippen molar-refractivity contribution >= 4 is 17.6 Å². The molecule has 0 saturated carbocycles. The van der Waals surface area contributed by atoms with E-state index in [-0.39, 0.29) is 11.5 Å². The van der Waals surface area contributed by atoms with E-state index in [1.807, 2.05) is 0 Å². The first-order chi connectivity index (χ1) is 10.6. The lowest BCUT2D eigenvalue weighted by molar-refractivity contribution is -0.385. The number of halogens is 3. The monoisotopic (exact) mass is 337 g/mol. The van der Waals surface area contributed by atoms with Crippen molar-refractivity contribution < 1.29 is 41.9 Å². The van der Waals surface area contributed by atoms with Crippen molar-refractivity contribution in [1.29, 1.82) is 0 Å². The van der Waals surface area contributed by atoms with E-state index >= 15 is 0 Å². The molecule has 0 spiro atoms. The van der Waals surface area contributed by atoms with Gasteiger partial charge in [-0.1, -0.05) is 0 Å². The van der Waals surface area contributed by atoms with Gasteiger partial charge in [-0.2, -0.15) is 13.2 Å². The van der Waals surface area contributed by atoms with Crippen LogP contribution in [-0.2, 0) is 9.53 Å². The zero-order valence-corrected chi connectivity index (χ0v) is 11.8. The standard InChI is InChI=1S/C12H10F3NO7/c1-21-8-3-6(7(16(19)20)4-9(8)22-2)11(18)23-10(17)5-12(13,14)15/h3-4H,5H2,1-2H3. The second-order valence-corrected chi connectivity index (χ2v) is 4.03. The second-order valence-electron chi connectivity index (χ2n) is 4.03. The van der Waals surface area contributed by atoms with E-state index in [2.05, 4.69) is 4.74 Å². The van der Waals surface area contributed by atoms with Crippen molar-refractivity contribution in [3.8, 4) is 11.5 Å². The van der Waals surface area contributed by atoms with E-state index in [1.165, 1.54) is 14.2 Å². The van der Waals surface area contributed by atoms with Gasteiger partial charge in [0.2, 0.25) is 0 Å². The van der Waals surface area contributed by atoms with Gasteiger partial charge >= 0.3 is 18.1 Å². The Kier molecular flexibility index (Phi) is 5.49.